The molecular weight excluding hydrogens is 533 g/mol. The molecule has 33 heavy (non-hydrogen) atoms. The van der Waals surface area contributed by atoms with Crippen LogP contribution in [-0.2, 0) is 22.6 Å². The Morgan fingerprint density at radius 2 is 1.85 bits per heavy atom. The van der Waals surface area contributed by atoms with Gasteiger partial charge in [-0.3, -0.25) is 9.89 Å². The summed E-state index contributed by atoms with van der Waals surface area (Å²) in [4.78, 5) is 21.1. The molecule has 0 unspecified atom stereocenters. The molecule has 2 fully saturated rings. The van der Waals surface area contributed by atoms with Crippen LogP contribution in [0.1, 0.15) is 44.7 Å². The number of guanidine groups is 1. The Morgan fingerprint density at radius 3 is 2.45 bits per heavy atom. The molecule has 0 spiro atoms. The summed E-state index contributed by atoms with van der Waals surface area (Å²) in [7, 11) is 1.77. The van der Waals surface area contributed by atoms with E-state index in [1.54, 1.807) is 7.05 Å². The lowest BCUT2D eigenvalue weighted by Gasteiger charge is -2.28. The Balaban J connectivity index is 0.00000385. The third kappa shape index (κ3) is 9.66. The van der Waals surface area contributed by atoms with Crippen molar-refractivity contribution in [1.82, 2.24) is 20.4 Å². The summed E-state index contributed by atoms with van der Waals surface area (Å²) in [6.07, 6.45) is 1.86. The molecule has 1 aliphatic heterocycles. The van der Waals surface area contributed by atoms with Crippen molar-refractivity contribution >= 4 is 36.0 Å². The molecule has 0 bridgehead atoms. The molecule has 2 aliphatic rings. The molecule has 3 rings (SSSR count). The van der Waals surface area contributed by atoms with Crippen molar-refractivity contribution in [2.24, 2.45) is 4.99 Å². The summed E-state index contributed by atoms with van der Waals surface area (Å²) in [5.74, 6) is 0.728. The van der Waals surface area contributed by atoms with Gasteiger partial charge in [-0.25, -0.2) is 4.79 Å². The second-order valence-corrected chi connectivity index (χ2v) is 9.41. The van der Waals surface area contributed by atoms with Crippen molar-refractivity contribution in [1.29, 1.82) is 0 Å². The number of hydrogen-bond donors (Lipinski definition) is 2. The van der Waals surface area contributed by atoms with Crippen LogP contribution in [0, 0.1) is 0 Å². The number of ether oxygens (including phenoxy) is 2. The number of nitrogens with zero attached hydrogens (tertiary/aromatic N) is 3. The number of nitrogens with one attached hydrogen (secondary N) is 2. The third-order valence-electron chi connectivity index (χ3n) is 5.55. The van der Waals surface area contributed by atoms with Gasteiger partial charge in [0.15, 0.2) is 5.96 Å². The van der Waals surface area contributed by atoms with Crippen molar-refractivity contribution in [3.05, 3.63) is 35.4 Å². The second kappa shape index (κ2) is 13.3. The molecule has 0 radical (unpaired) electrons. The highest BCUT2D eigenvalue weighted by Gasteiger charge is 2.34. The third-order valence-corrected chi connectivity index (χ3v) is 5.55. The Kier molecular flexibility index (Phi) is 11.2. The van der Waals surface area contributed by atoms with Gasteiger partial charge in [-0.1, -0.05) is 24.3 Å². The molecule has 9 heteroatoms. The Labute approximate surface area is 215 Å². The lowest BCUT2D eigenvalue weighted by molar-refractivity contribution is 0.0237. The predicted octanol–water partition coefficient (Wildman–Crippen LogP) is 3.20. The normalized spacial score (nSPS) is 17.2. The van der Waals surface area contributed by atoms with E-state index in [0.717, 1.165) is 51.6 Å². The van der Waals surface area contributed by atoms with E-state index in [2.05, 4.69) is 44.8 Å². The van der Waals surface area contributed by atoms with Crippen molar-refractivity contribution in [3.8, 4) is 0 Å². The van der Waals surface area contributed by atoms with E-state index in [1.807, 2.05) is 25.7 Å². The highest BCUT2D eigenvalue weighted by molar-refractivity contribution is 14.0. The quantitative estimate of drug-likeness (QED) is 0.283. The van der Waals surface area contributed by atoms with Gasteiger partial charge in [0.1, 0.15) is 5.60 Å². The number of morpholine rings is 1. The van der Waals surface area contributed by atoms with E-state index in [-0.39, 0.29) is 30.1 Å². The lowest BCUT2D eigenvalue weighted by atomic mass is 10.1. The maximum absolute atomic E-state index is 12.5. The number of benzene rings is 1. The summed E-state index contributed by atoms with van der Waals surface area (Å²) >= 11 is 0. The molecule has 8 nitrogen and oxygen atoms in total. The molecule has 1 aromatic carbocycles. The summed E-state index contributed by atoms with van der Waals surface area (Å²) < 4.78 is 11.0. The Bertz CT molecular complexity index is 774. The summed E-state index contributed by atoms with van der Waals surface area (Å²) in [6.45, 7) is 12.1. The fraction of sp³-hybridized carbons (Fsp3) is 0.667. The summed E-state index contributed by atoms with van der Waals surface area (Å²) in [6, 6.07) is 8.82. The zero-order valence-corrected chi connectivity index (χ0v) is 22.8. The first kappa shape index (κ1) is 27.7. The van der Waals surface area contributed by atoms with Crippen LogP contribution in [0.2, 0.25) is 0 Å². The smallest absolute Gasteiger partial charge is 0.410 e. The van der Waals surface area contributed by atoms with Gasteiger partial charge >= 0.3 is 6.09 Å². The number of carbonyl (C=O) groups is 1. The number of rotatable bonds is 8. The monoisotopic (exact) mass is 573 g/mol. The molecule has 0 atom stereocenters. The number of halogens is 1. The molecule has 1 saturated carbocycles. The first-order chi connectivity index (χ1) is 15.4. The van der Waals surface area contributed by atoms with Crippen LogP contribution in [-0.4, -0.2) is 79.9 Å². The number of carbonyl (C=O) groups excluding carboxylic acids is 1. The highest BCUT2D eigenvalue weighted by Crippen LogP contribution is 2.28. The number of aliphatic imine (C=N–C) groups is 1. The van der Waals surface area contributed by atoms with E-state index in [1.165, 1.54) is 11.1 Å². The predicted molar refractivity (Wildman–Crippen MR) is 142 cm³/mol. The average molecular weight is 574 g/mol. The van der Waals surface area contributed by atoms with Crippen molar-refractivity contribution in [2.75, 3.05) is 46.4 Å². The van der Waals surface area contributed by atoms with Gasteiger partial charge in [0, 0.05) is 52.4 Å². The Morgan fingerprint density at radius 1 is 1.18 bits per heavy atom. The van der Waals surface area contributed by atoms with Crippen LogP contribution >= 0.6 is 24.0 Å². The zero-order chi connectivity index (χ0) is 23.0. The van der Waals surface area contributed by atoms with Gasteiger partial charge in [-0.15, -0.1) is 24.0 Å². The van der Waals surface area contributed by atoms with Crippen LogP contribution in [0.15, 0.2) is 29.3 Å². The first-order valence-electron chi connectivity index (χ1n) is 11.7. The van der Waals surface area contributed by atoms with Gasteiger partial charge in [0.05, 0.1) is 13.2 Å². The molecule has 0 aromatic heterocycles. The SMILES string of the molecule is CN=C(NCCN(C(=O)OC(C)(C)C)C1CC1)NCc1ccccc1CN1CCOCC1.I. The van der Waals surface area contributed by atoms with Crippen molar-refractivity contribution in [2.45, 2.75) is 58.3 Å². The molecule has 1 amide bonds. The fourth-order valence-corrected chi connectivity index (χ4v) is 3.71. The lowest BCUT2D eigenvalue weighted by Crippen LogP contribution is -2.45. The second-order valence-electron chi connectivity index (χ2n) is 9.41. The molecule has 186 valence electrons. The standard InChI is InChI=1S/C24H39N5O3.HI/c1-24(2,3)32-23(30)29(21-9-10-21)12-11-26-22(25-4)27-17-19-7-5-6-8-20(19)18-28-13-15-31-16-14-28;/h5-8,21H,9-18H2,1-4H3,(H2,25,26,27);1H. The van der Waals surface area contributed by atoms with Gasteiger partial charge in [-0.2, -0.15) is 0 Å². The van der Waals surface area contributed by atoms with Gasteiger partial charge in [0.2, 0.25) is 0 Å². The molecule has 1 heterocycles. The maximum atomic E-state index is 12.5. The van der Waals surface area contributed by atoms with E-state index in [0.29, 0.717) is 25.7 Å². The van der Waals surface area contributed by atoms with Gasteiger partial charge in [-0.05, 0) is 44.7 Å². The van der Waals surface area contributed by atoms with E-state index in [4.69, 9.17) is 9.47 Å². The topological polar surface area (TPSA) is 78.4 Å². The number of hydrogen-bond acceptors (Lipinski definition) is 5. The van der Waals surface area contributed by atoms with Crippen LogP contribution < -0.4 is 10.6 Å². The van der Waals surface area contributed by atoms with E-state index < -0.39 is 5.60 Å². The molecule has 2 N–H and O–H groups in total. The minimum absolute atomic E-state index is 0. The molecule has 1 aromatic rings. The highest BCUT2D eigenvalue weighted by atomic mass is 127. The Hall–Kier alpha value is -1.59. The minimum atomic E-state index is -0.482. The van der Waals surface area contributed by atoms with Crippen LogP contribution in [0.25, 0.3) is 0 Å². The van der Waals surface area contributed by atoms with Crippen LogP contribution in [0.4, 0.5) is 4.79 Å². The zero-order valence-electron chi connectivity index (χ0n) is 20.4. The summed E-state index contributed by atoms with van der Waals surface area (Å²) in [5.41, 5.74) is 2.10. The average Bonchev–Trinajstić information content (AvgIpc) is 3.59. The van der Waals surface area contributed by atoms with E-state index in [9.17, 15) is 4.79 Å². The molecule has 1 aliphatic carbocycles. The minimum Gasteiger partial charge on any atom is -0.444 e. The largest absolute Gasteiger partial charge is 0.444 e. The molecule has 1 saturated heterocycles. The molecular formula is C24H40IN5O3. The fourth-order valence-electron chi connectivity index (χ4n) is 3.71. The van der Waals surface area contributed by atoms with Crippen molar-refractivity contribution < 1.29 is 14.3 Å². The van der Waals surface area contributed by atoms with Gasteiger partial charge < -0.3 is 25.0 Å². The van der Waals surface area contributed by atoms with E-state index >= 15 is 0 Å². The number of amides is 1. The maximum Gasteiger partial charge on any atom is 0.410 e. The van der Waals surface area contributed by atoms with Gasteiger partial charge in [0.25, 0.3) is 0 Å². The summed E-state index contributed by atoms with van der Waals surface area (Å²) in [5, 5.41) is 6.74. The van der Waals surface area contributed by atoms with Crippen molar-refractivity contribution in [3.63, 3.8) is 0 Å². The van der Waals surface area contributed by atoms with Crippen LogP contribution in [0.3, 0.4) is 0 Å². The van der Waals surface area contributed by atoms with Crippen LogP contribution in [0.5, 0.6) is 0 Å². The first-order valence-corrected chi connectivity index (χ1v) is 11.7.